The summed E-state index contributed by atoms with van der Waals surface area (Å²) in [6, 6.07) is 12.8. The predicted molar refractivity (Wildman–Crippen MR) is 174 cm³/mol. The molecule has 1 saturated heterocycles. The van der Waals surface area contributed by atoms with Gasteiger partial charge in [0.15, 0.2) is 11.6 Å². The van der Waals surface area contributed by atoms with E-state index < -0.39 is 11.4 Å². The van der Waals surface area contributed by atoms with Crippen LogP contribution in [-0.2, 0) is 11.8 Å². The van der Waals surface area contributed by atoms with E-state index in [9.17, 15) is 4.79 Å². The second-order valence-electron chi connectivity index (χ2n) is 13.1. The number of hydrogen-bond donors (Lipinski definition) is 1. The number of benzene rings is 2. The Morgan fingerprint density at radius 1 is 1.02 bits per heavy atom. The van der Waals surface area contributed by atoms with E-state index in [2.05, 4.69) is 25.2 Å². The number of aromatic nitrogens is 5. The zero-order valence-electron chi connectivity index (χ0n) is 26.6. The molecule has 1 aliphatic heterocycles. The summed E-state index contributed by atoms with van der Waals surface area (Å²) in [5.41, 5.74) is 2.99. The Hall–Kier alpha value is -5.00. The molecule has 3 aromatic heterocycles. The highest BCUT2D eigenvalue weighted by Gasteiger charge is 2.42. The Kier molecular flexibility index (Phi) is 7.37. The van der Waals surface area contributed by atoms with Crippen molar-refractivity contribution in [2.24, 2.45) is 13.0 Å². The van der Waals surface area contributed by atoms with Gasteiger partial charge in [0, 0.05) is 38.3 Å². The van der Waals surface area contributed by atoms with Crippen LogP contribution in [0.2, 0.25) is 0 Å². The minimum Gasteiger partial charge on any atom is -0.457 e. The first-order chi connectivity index (χ1) is 22.0. The Labute approximate surface area is 266 Å². The molecule has 1 atom stereocenters. The Bertz CT molecular complexity index is 1950. The summed E-state index contributed by atoms with van der Waals surface area (Å²) in [4.78, 5) is 35.2. The lowest BCUT2D eigenvalue weighted by Gasteiger charge is -2.42. The van der Waals surface area contributed by atoms with Crippen LogP contribution in [-0.4, -0.2) is 66.8 Å². The number of carbonyl (C=O) groups excluding carboxylic acids is 1. The standard InChI is InChI=1S/C34H37FN8O3/c1-20-28(45-22-8-11-26-25(16-22)38-19-41(26)5)12-9-23(30(20)35)39-32-31-24(36-18-37-32)10-13-29(40-31)42-14-15-43(27(17-42)21-6-7-21)33(44)46-34(2,3)4/h8-13,16,18-19,21,27H,6-7,14-15,17H2,1-5H3,(H,36,37,39)/t27-/m1/s1. The van der Waals surface area contributed by atoms with Crippen molar-refractivity contribution in [3.05, 3.63) is 66.5 Å². The number of halogens is 1. The van der Waals surface area contributed by atoms with Crippen molar-refractivity contribution in [3.63, 3.8) is 0 Å². The van der Waals surface area contributed by atoms with Gasteiger partial charge in [-0.1, -0.05) is 0 Å². The molecule has 1 aliphatic carbocycles. The highest BCUT2D eigenvalue weighted by atomic mass is 19.1. The van der Waals surface area contributed by atoms with Crippen LogP contribution in [0.3, 0.4) is 0 Å². The van der Waals surface area contributed by atoms with E-state index in [4.69, 9.17) is 14.5 Å². The molecule has 0 spiro atoms. The number of nitrogens with one attached hydrogen (secondary N) is 1. The van der Waals surface area contributed by atoms with Crippen LogP contribution in [0, 0.1) is 18.7 Å². The van der Waals surface area contributed by atoms with Gasteiger partial charge in [-0.3, -0.25) is 0 Å². The van der Waals surface area contributed by atoms with E-state index in [-0.39, 0.29) is 17.8 Å². The van der Waals surface area contributed by atoms with Crippen molar-refractivity contribution < 1.29 is 18.7 Å². The minimum absolute atomic E-state index is 0.0504. The molecule has 2 aromatic carbocycles. The number of ether oxygens (including phenoxy) is 2. The average molecular weight is 625 g/mol. The van der Waals surface area contributed by atoms with Gasteiger partial charge >= 0.3 is 6.09 Å². The largest absolute Gasteiger partial charge is 0.457 e. The first-order valence-corrected chi connectivity index (χ1v) is 15.6. The molecule has 12 heteroatoms. The summed E-state index contributed by atoms with van der Waals surface area (Å²) < 4.78 is 29.4. The molecule has 238 valence electrons. The van der Waals surface area contributed by atoms with E-state index in [1.54, 1.807) is 25.4 Å². The van der Waals surface area contributed by atoms with Crippen LogP contribution in [0.25, 0.3) is 22.1 Å². The zero-order valence-corrected chi connectivity index (χ0v) is 26.6. The van der Waals surface area contributed by atoms with E-state index in [1.165, 1.54) is 6.33 Å². The van der Waals surface area contributed by atoms with Gasteiger partial charge in [-0.2, -0.15) is 0 Å². The number of amides is 1. The summed E-state index contributed by atoms with van der Waals surface area (Å²) in [5, 5.41) is 3.14. The molecule has 1 amide bonds. The number of fused-ring (bicyclic) bond motifs is 2. The number of hydrogen-bond acceptors (Lipinski definition) is 9. The van der Waals surface area contributed by atoms with Crippen LogP contribution >= 0.6 is 0 Å². The summed E-state index contributed by atoms with van der Waals surface area (Å²) in [7, 11) is 1.93. The predicted octanol–water partition coefficient (Wildman–Crippen LogP) is 6.73. The summed E-state index contributed by atoms with van der Waals surface area (Å²) in [5.74, 6) is 2.12. The number of aryl methyl sites for hydroxylation is 1. The third kappa shape index (κ3) is 5.86. The maximum absolute atomic E-state index is 15.7. The maximum atomic E-state index is 15.7. The van der Waals surface area contributed by atoms with Gasteiger partial charge in [0.05, 0.1) is 34.6 Å². The third-order valence-corrected chi connectivity index (χ3v) is 8.52. The molecular formula is C34H37FN8O3. The van der Waals surface area contributed by atoms with Gasteiger partial charge in [-0.05, 0) is 82.9 Å². The Morgan fingerprint density at radius 2 is 1.85 bits per heavy atom. The van der Waals surface area contributed by atoms with Crippen molar-refractivity contribution in [1.82, 2.24) is 29.4 Å². The van der Waals surface area contributed by atoms with Gasteiger partial charge in [-0.15, -0.1) is 0 Å². The molecule has 0 radical (unpaired) electrons. The number of imidazole rings is 1. The molecule has 7 rings (SSSR count). The Balaban J connectivity index is 1.11. The van der Waals surface area contributed by atoms with Crippen LogP contribution in [0.15, 0.2) is 55.1 Å². The van der Waals surface area contributed by atoms with Gasteiger partial charge in [0.2, 0.25) is 0 Å². The lowest BCUT2D eigenvalue weighted by Crippen LogP contribution is -2.57. The molecule has 5 aromatic rings. The topological polar surface area (TPSA) is 111 Å². The van der Waals surface area contributed by atoms with Crippen LogP contribution < -0.4 is 15.0 Å². The van der Waals surface area contributed by atoms with Crippen LogP contribution in [0.4, 0.5) is 26.5 Å². The van der Waals surface area contributed by atoms with Crippen molar-refractivity contribution in [2.45, 2.75) is 52.2 Å². The number of pyridine rings is 1. The summed E-state index contributed by atoms with van der Waals surface area (Å²) >= 11 is 0. The van der Waals surface area contributed by atoms with Gasteiger partial charge in [0.1, 0.15) is 34.8 Å². The zero-order chi connectivity index (χ0) is 32.2. The number of piperazine rings is 1. The van der Waals surface area contributed by atoms with Crippen molar-refractivity contribution in [1.29, 1.82) is 0 Å². The number of anilines is 3. The van der Waals surface area contributed by atoms with Gasteiger partial charge in [0.25, 0.3) is 0 Å². The van der Waals surface area contributed by atoms with Crippen molar-refractivity contribution >= 4 is 45.5 Å². The minimum atomic E-state index is -0.550. The van der Waals surface area contributed by atoms with Crippen molar-refractivity contribution in [3.8, 4) is 11.5 Å². The average Bonchev–Trinajstić information content (AvgIpc) is 3.82. The highest BCUT2D eigenvalue weighted by Crippen LogP contribution is 2.39. The molecule has 46 heavy (non-hydrogen) atoms. The number of carbonyl (C=O) groups is 1. The second kappa shape index (κ2) is 11.4. The van der Waals surface area contributed by atoms with Gasteiger partial charge < -0.3 is 29.2 Å². The molecule has 11 nitrogen and oxygen atoms in total. The van der Waals surface area contributed by atoms with E-state index in [0.717, 1.165) is 29.7 Å². The van der Waals surface area contributed by atoms with E-state index in [1.807, 2.05) is 67.6 Å². The number of rotatable bonds is 6. The lowest BCUT2D eigenvalue weighted by molar-refractivity contribution is 0.0116. The molecule has 0 unspecified atom stereocenters. The molecule has 1 saturated carbocycles. The van der Waals surface area contributed by atoms with E-state index in [0.29, 0.717) is 59.5 Å². The maximum Gasteiger partial charge on any atom is 0.410 e. The fraction of sp³-hybridized carbons (Fsp3) is 0.382. The van der Waals surface area contributed by atoms with Gasteiger partial charge in [-0.25, -0.2) is 29.1 Å². The molecular weight excluding hydrogens is 587 g/mol. The first-order valence-electron chi connectivity index (χ1n) is 15.6. The molecule has 0 bridgehead atoms. The van der Waals surface area contributed by atoms with E-state index >= 15 is 4.39 Å². The van der Waals surface area contributed by atoms with Crippen LogP contribution in [0.5, 0.6) is 11.5 Å². The normalized spacial score (nSPS) is 17.0. The molecule has 1 N–H and O–H groups in total. The summed E-state index contributed by atoms with van der Waals surface area (Å²) in [6.07, 6.45) is 5.10. The molecule has 2 aliphatic rings. The second-order valence-corrected chi connectivity index (χ2v) is 13.1. The fourth-order valence-electron chi connectivity index (χ4n) is 5.96. The Morgan fingerprint density at radius 3 is 2.63 bits per heavy atom. The number of nitrogens with zero attached hydrogens (tertiary/aromatic N) is 7. The van der Waals surface area contributed by atoms with Crippen LogP contribution in [0.1, 0.15) is 39.2 Å². The SMILES string of the molecule is Cc1c(Oc2ccc3c(c2)ncn3C)ccc(Nc2ncnc3ccc(N4CCN(C(=O)OC(C)(C)C)[C@@H](C5CC5)C4)nc23)c1F. The fourth-order valence-corrected chi connectivity index (χ4v) is 5.96. The third-order valence-electron chi connectivity index (χ3n) is 8.52. The smallest absolute Gasteiger partial charge is 0.410 e. The molecule has 4 heterocycles. The quantitative estimate of drug-likeness (QED) is 0.220. The molecule has 2 fully saturated rings. The highest BCUT2D eigenvalue weighted by molar-refractivity contribution is 5.88. The lowest BCUT2D eigenvalue weighted by atomic mass is 10.1. The monoisotopic (exact) mass is 624 g/mol. The first kappa shape index (κ1) is 29.7. The summed E-state index contributed by atoms with van der Waals surface area (Å²) in [6.45, 7) is 9.15. The van der Waals surface area contributed by atoms with Crippen molar-refractivity contribution in [2.75, 3.05) is 29.9 Å².